The Balaban J connectivity index is 1.30. The van der Waals surface area contributed by atoms with Gasteiger partial charge in [-0.25, -0.2) is 17.8 Å². The van der Waals surface area contributed by atoms with Crippen molar-refractivity contribution < 1.29 is 23.0 Å². The summed E-state index contributed by atoms with van der Waals surface area (Å²) < 4.78 is 42.9. The maximum atomic E-state index is 13.4. The number of aromatic hydroxyl groups is 2. The number of sulfonamides is 1. The minimum atomic E-state index is -3.82. The summed E-state index contributed by atoms with van der Waals surface area (Å²) in [6, 6.07) is 11.8. The van der Waals surface area contributed by atoms with Gasteiger partial charge in [-0.3, -0.25) is 0 Å². The number of aromatic nitrogens is 3. The van der Waals surface area contributed by atoms with Gasteiger partial charge in [0.2, 0.25) is 10.0 Å². The summed E-state index contributed by atoms with van der Waals surface area (Å²) in [6.07, 6.45) is 2.91. The number of benzene rings is 2. The van der Waals surface area contributed by atoms with E-state index in [0.29, 0.717) is 59.7 Å². The average Bonchev–Trinajstić information content (AvgIpc) is 3.25. The van der Waals surface area contributed by atoms with Crippen molar-refractivity contribution in [3.05, 3.63) is 65.0 Å². The van der Waals surface area contributed by atoms with Gasteiger partial charge in [0.1, 0.15) is 11.6 Å². The largest absolute Gasteiger partial charge is 0.507 e. The highest BCUT2D eigenvalue weighted by atomic mass is 79.9. The van der Waals surface area contributed by atoms with Gasteiger partial charge in [-0.05, 0) is 59.0 Å². The highest BCUT2D eigenvalue weighted by Gasteiger charge is 2.30. The van der Waals surface area contributed by atoms with Crippen molar-refractivity contribution in [2.45, 2.75) is 17.7 Å². The Bertz CT molecular complexity index is 1540. The van der Waals surface area contributed by atoms with Crippen LogP contribution in [0.4, 0.5) is 10.2 Å². The van der Waals surface area contributed by atoms with Crippen LogP contribution in [0.5, 0.6) is 11.5 Å². The average molecular weight is 576 g/mol. The minimum absolute atomic E-state index is 0.124. The van der Waals surface area contributed by atoms with Crippen molar-refractivity contribution in [2.24, 2.45) is 5.92 Å². The lowest BCUT2D eigenvalue weighted by Gasteiger charge is -2.31. The lowest BCUT2D eigenvalue weighted by Crippen LogP contribution is -2.39. The molecular formula is C24H23BrFN5O4S. The number of rotatable bonds is 6. The molecule has 0 unspecified atom stereocenters. The third kappa shape index (κ3) is 4.63. The number of phenols is 2. The maximum absolute atomic E-state index is 13.4. The molecule has 3 heterocycles. The van der Waals surface area contributed by atoms with Crippen LogP contribution in [0.1, 0.15) is 12.8 Å². The van der Waals surface area contributed by atoms with Gasteiger partial charge in [0.25, 0.3) is 0 Å². The number of para-hydroxylation sites is 1. The van der Waals surface area contributed by atoms with Crippen LogP contribution in [0, 0.1) is 11.7 Å². The third-order valence-corrected chi connectivity index (χ3v) is 8.76. The van der Waals surface area contributed by atoms with E-state index in [0.717, 1.165) is 18.2 Å². The predicted octanol–water partition coefficient (Wildman–Crippen LogP) is 4.22. The molecule has 0 bridgehead atoms. The fourth-order valence-corrected chi connectivity index (χ4v) is 6.13. The zero-order valence-electron chi connectivity index (χ0n) is 19.0. The summed E-state index contributed by atoms with van der Waals surface area (Å²) in [5.41, 5.74) is 1.79. The number of nitrogens with one attached hydrogen (secondary N) is 1. The molecule has 0 radical (unpaired) electrons. The molecule has 0 atom stereocenters. The van der Waals surface area contributed by atoms with Gasteiger partial charge in [-0.1, -0.05) is 12.1 Å². The summed E-state index contributed by atoms with van der Waals surface area (Å²) in [7, 11) is -3.82. The Morgan fingerprint density at radius 2 is 1.83 bits per heavy atom. The van der Waals surface area contributed by atoms with E-state index in [1.54, 1.807) is 28.9 Å². The molecule has 9 nitrogen and oxygen atoms in total. The molecule has 1 fully saturated rings. The van der Waals surface area contributed by atoms with E-state index >= 15 is 0 Å². The maximum Gasteiger partial charge on any atom is 0.243 e. The van der Waals surface area contributed by atoms with E-state index in [-0.39, 0.29) is 16.6 Å². The van der Waals surface area contributed by atoms with E-state index < -0.39 is 21.6 Å². The highest BCUT2D eigenvalue weighted by Crippen LogP contribution is 2.32. The monoisotopic (exact) mass is 575 g/mol. The first-order valence-electron chi connectivity index (χ1n) is 11.3. The number of phenolic OH excluding ortho intramolecular Hbond substituents is 2. The zero-order chi connectivity index (χ0) is 25.4. The molecule has 2 aromatic heterocycles. The van der Waals surface area contributed by atoms with E-state index in [1.165, 1.54) is 4.31 Å². The summed E-state index contributed by atoms with van der Waals surface area (Å²) >= 11 is 3.47. The second-order valence-electron chi connectivity index (χ2n) is 8.61. The summed E-state index contributed by atoms with van der Waals surface area (Å²) in [5.74, 6) is -0.528. The number of nitrogens with zero attached hydrogens (tertiary/aromatic N) is 4. The molecule has 0 aliphatic carbocycles. The van der Waals surface area contributed by atoms with Crippen LogP contribution in [-0.4, -0.2) is 57.2 Å². The van der Waals surface area contributed by atoms with E-state index in [4.69, 9.17) is 0 Å². The zero-order valence-corrected chi connectivity index (χ0v) is 21.4. The molecule has 0 amide bonds. The van der Waals surface area contributed by atoms with Crippen LogP contribution in [0.15, 0.2) is 64.1 Å². The molecule has 2 aromatic carbocycles. The summed E-state index contributed by atoms with van der Waals surface area (Å²) in [4.78, 5) is 4.51. The second kappa shape index (κ2) is 9.68. The van der Waals surface area contributed by atoms with Crippen molar-refractivity contribution in [2.75, 3.05) is 25.0 Å². The summed E-state index contributed by atoms with van der Waals surface area (Å²) in [5, 5.41) is 27.7. The van der Waals surface area contributed by atoms with Crippen LogP contribution in [-0.2, 0) is 10.0 Å². The number of hydrogen-bond acceptors (Lipinski definition) is 7. The molecule has 1 saturated heterocycles. The molecule has 188 valence electrons. The van der Waals surface area contributed by atoms with Crippen LogP contribution in [0.3, 0.4) is 0 Å². The molecule has 12 heteroatoms. The quantitative estimate of drug-likeness (QED) is 0.315. The van der Waals surface area contributed by atoms with Gasteiger partial charge >= 0.3 is 0 Å². The Labute approximate surface area is 215 Å². The number of halogens is 2. The van der Waals surface area contributed by atoms with Crippen LogP contribution in [0.2, 0.25) is 0 Å². The van der Waals surface area contributed by atoms with E-state index in [9.17, 15) is 23.0 Å². The fraction of sp³-hybridized carbons (Fsp3) is 0.250. The molecule has 0 spiro atoms. The number of anilines is 1. The van der Waals surface area contributed by atoms with Gasteiger partial charge in [0.15, 0.2) is 17.2 Å². The molecular weight excluding hydrogens is 553 g/mol. The van der Waals surface area contributed by atoms with Crippen LogP contribution >= 0.6 is 15.9 Å². The van der Waals surface area contributed by atoms with E-state index in [2.05, 4.69) is 31.3 Å². The predicted molar refractivity (Wildman–Crippen MR) is 136 cm³/mol. The van der Waals surface area contributed by atoms with Crippen molar-refractivity contribution in [1.82, 2.24) is 18.9 Å². The first-order chi connectivity index (χ1) is 17.2. The molecule has 4 aromatic rings. The molecule has 5 rings (SSSR count). The van der Waals surface area contributed by atoms with Gasteiger partial charge in [-0.2, -0.15) is 13.9 Å². The normalized spacial score (nSPS) is 15.4. The molecule has 0 saturated carbocycles. The number of piperidine rings is 1. The SMILES string of the molecule is O=S(=O)(c1ccc(F)c(O)c1)N1CCC(CNc2cc(-c3ccccc3O)nc3c(Br)cnn23)CC1. The Morgan fingerprint density at radius 3 is 2.56 bits per heavy atom. The van der Waals surface area contributed by atoms with Gasteiger partial charge < -0.3 is 15.5 Å². The third-order valence-electron chi connectivity index (χ3n) is 6.31. The Morgan fingerprint density at radius 1 is 1.08 bits per heavy atom. The summed E-state index contributed by atoms with van der Waals surface area (Å²) in [6.45, 7) is 1.21. The van der Waals surface area contributed by atoms with Crippen molar-refractivity contribution >= 4 is 37.4 Å². The highest BCUT2D eigenvalue weighted by molar-refractivity contribution is 9.10. The smallest absolute Gasteiger partial charge is 0.243 e. The van der Waals surface area contributed by atoms with Gasteiger partial charge in [-0.15, -0.1) is 0 Å². The standard InChI is InChI=1S/C24H23BrFN5O4S/c25-18-14-28-31-23(12-20(29-24(18)31)17-3-1-2-4-21(17)32)27-13-15-7-9-30(10-8-15)36(34,35)16-5-6-19(26)22(33)11-16/h1-6,11-12,14-15,27,32-33H,7-10,13H2. The number of hydrogen-bond donors (Lipinski definition) is 3. The first-order valence-corrected chi connectivity index (χ1v) is 13.5. The Hall–Kier alpha value is -3.22. The van der Waals surface area contributed by atoms with Crippen molar-refractivity contribution in [3.8, 4) is 22.8 Å². The minimum Gasteiger partial charge on any atom is -0.507 e. The topological polar surface area (TPSA) is 120 Å². The van der Waals surface area contributed by atoms with Gasteiger partial charge in [0.05, 0.1) is 21.3 Å². The number of fused-ring (bicyclic) bond motifs is 1. The molecule has 3 N–H and O–H groups in total. The lowest BCUT2D eigenvalue weighted by molar-refractivity contribution is 0.282. The van der Waals surface area contributed by atoms with E-state index in [1.807, 2.05) is 12.1 Å². The van der Waals surface area contributed by atoms with Crippen LogP contribution < -0.4 is 5.32 Å². The first kappa shape index (κ1) is 24.5. The lowest BCUT2D eigenvalue weighted by atomic mass is 9.98. The molecule has 1 aliphatic rings. The Kier molecular flexibility index (Phi) is 6.58. The molecule has 36 heavy (non-hydrogen) atoms. The fourth-order valence-electron chi connectivity index (χ4n) is 4.29. The molecule has 1 aliphatic heterocycles. The van der Waals surface area contributed by atoms with Crippen molar-refractivity contribution in [1.29, 1.82) is 0 Å². The second-order valence-corrected chi connectivity index (χ2v) is 11.4. The van der Waals surface area contributed by atoms with Gasteiger partial charge in [0, 0.05) is 37.3 Å². The van der Waals surface area contributed by atoms with Crippen molar-refractivity contribution in [3.63, 3.8) is 0 Å². The van der Waals surface area contributed by atoms with Crippen LogP contribution in [0.25, 0.3) is 16.9 Å².